The molecule has 8 heteroatoms. The van der Waals surface area contributed by atoms with E-state index >= 15 is 0 Å². The first kappa shape index (κ1) is 18.3. The molecule has 1 aromatic heterocycles. The molecular weight excluding hydrogens is 379 g/mol. The molecule has 1 saturated heterocycles. The van der Waals surface area contributed by atoms with Crippen molar-refractivity contribution in [2.24, 2.45) is 0 Å². The van der Waals surface area contributed by atoms with Crippen LogP contribution in [0.2, 0.25) is 10.0 Å². The van der Waals surface area contributed by atoms with Gasteiger partial charge in [0.05, 0.1) is 15.7 Å². The molecule has 1 aliphatic heterocycles. The first-order chi connectivity index (χ1) is 12.1. The molecule has 0 saturated carbocycles. The lowest BCUT2D eigenvalue weighted by Crippen LogP contribution is -2.44. The topological polar surface area (TPSA) is 48.5 Å². The number of nitrogens with zero attached hydrogens (tertiary/aromatic N) is 3. The second kappa shape index (κ2) is 8.27. The zero-order valence-electron chi connectivity index (χ0n) is 13.4. The zero-order chi connectivity index (χ0) is 17.8. The number of hydrogen-bond donors (Lipinski definition) is 2. The van der Waals surface area contributed by atoms with Crippen molar-refractivity contribution in [2.45, 2.75) is 19.0 Å². The molecule has 2 aromatic rings. The minimum Gasteiger partial charge on any atom is -0.317 e. The van der Waals surface area contributed by atoms with Gasteiger partial charge in [0.1, 0.15) is 6.17 Å². The zero-order valence-corrected chi connectivity index (χ0v) is 15.8. The number of hydrogen-bond acceptors (Lipinski definition) is 4. The molecule has 1 unspecified atom stereocenters. The maximum absolute atomic E-state index is 12.7. The van der Waals surface area contributed by atoms with Crippen LogP contribution in [0.15, 0.2) is 42.7 Å². The van der Waals surface area contributed by atoms with Gasteiger partial charge < -0.3 is 5.32 Å². The number of amides is 2. The van der Waals surface area contributed by atoms with E-state index in [2.05, 4.69) is 28.0 Å². The summed E-state index contributed by atoms with van der Waals surface area (Å²) in [6, 6.07) is 8.50. The number of aromatic nitrogens is 1. The normalized spacial score (nSPS) is 15.8. The molecule has 2 heterocycles. The Morgan fingerprint density at radius 1 is 1.24 bits per heavy atom. The van der Waals surface area contributed by atoms with Crippen molar-refractivity contribution >= 4 is 47.7 Å². The van der Waals surface area contributed by atoms with Crippen molar-refractivity contribution in [3.63, 3.8) is 0 Å². The van der Waals surface area contributed by atoms with Crippen LogP contribution in [0.5, 0.6) is 0 Å². The molecule has 0 radical (unpaired) electrons. The monoisotopic (exact) mass is 396 g/mol. The highest BCUT2D eigenvalue weighted by atomic mass is 35.5. The second-order valence-electron chi connectivity index (χ2n) is 5.77. The van der Waals surface area contributed by atoms with Gasteiger partial charge in [0.25, 0.3) is 0 Å². The van der Waals surface area contributed by atoms with E-state index in [0.717, 1.165) is 31.5 Å². The number of urea groups is 1. The van der Waals surface area contributed by atoms with Gasteiger partial charge in [-0.1, -0.05) is 48.1 Å². The van der Waals surface area contributed by atoms with E-state index in [1.54, 1.807) is 30.6 Å². The number of thiol groups is 1. The third kappa shape index (κ3) is 4.20. The lowest BCUT2D eigenvalue weighted by Gasteiger charge is -2.30. The Balaban J connectivity index is 1.81. The minimum atomic E-state index is -0.381. The Kier molecular flexibility index (Phi) is 6.06. The van der Waals surface area contributed by atoms with Crippen LogP contribution in [0.25, 0.3) is 0 Å². The number of carbonyl (C=O) groups excluding carboxylic acids is 1. The molecule has 1 atom stereocenters. The van der Waals surface area contributed by atoms with Gasteiger partial charge in [0.2, 0.25) is 0 Å². The van der Waals surface area contributed by atoms with Crippen LogP contribution in [-0.4, -0.2) is 29.0 Å². The van der Waals surface area contributed by atoms with Gasteiger partial charge in [-0.25, -0.2) is 9.10 Å². The van der Waals surface area contributed by atoms with E-state index in [-0.39, 0.29) is 17.2 Å². The minimum absolute atomic E-state index is 0.267. The van der Waals surface area contributed by atoms with E-state index in [4.69, 9.17) is 23.2 Å². The molecule has 5 nitrogen and oxygen atoms in total. The average Bonchev–Trinajstić information content (AvgIpc) is 3.16. The highest BCUT2D eigenvalue weighted by Crippen LogP contribution is 2.33. The van der Waals surface area contributed by atoms with Gasteiger partial charge in [-0.3, -0.25) is 9.88 Å². The fourth-order valence-electron chi connectivity index (χ4n) is 2.87. The Morgan fingerprint density at radius 3 is 2.68 bits per heavy atom. The first-order valence-electron chi connectivity index (χ1n) is 7.95. The number of likely N-dealkylation sites (tertiary alicyclic amines) is 1. The molecule has 0 bridgehead atoms. The van der Waals surface area contributed by atoms with Gasteiger partial charge in [0, 0.05) is 31.0 Å². The summed E-state index contributed by atoms with van der Waals surface area (Å²) in [6.07, 6.45) is 5.42. The summed E-state index contributed by atoms with van der Waals surface area (Å²) in [5, 5.41) is 3.67. The van der Waals surface area contributed by atoms with E-state index in [9.17, 15) is 4.79 Å². The lowest BCUT2D eigenvalue weighted by atomic mass is 10.2. The van der Waals surface area contributed by atoms with E-state index in [0.29, 0.717) is 10.7 Å². The molecular formula is C17H18Cl2N4OS. The van der Waals surface area contributed by atoms with Crippen molar-refractivity contribution in [3.05, 3.63) is 58.3 Å². The van der Waals surface area contributed by atoms with Crippen LogP contribution >= 0.6 is 36.0 Å². The number of nitrogens with one attached hydrogen (secondary N) is 1. The summed E-state index contributed by atoms with van der Waals surface area (Å²) in [7, 11) is 0. The van der Waals surface area contributed by atoms with Crippen molar-refractivity contribution in [3.8, 4) is 0 Å². The summed E-state index contributed by atoms with van der Waals surface area (Å²) in [5.74, 6) is 0. The van der Waals surface area contributed by atoms with Crippen molar-refractivity contribution in [1.29, 1.82) is 0 Å². The van der Waals surface area contributed by atoms with Crippen LogP contribution in [-0.2, 0) is 0 Å². The molecule has 25 heavy (non-hydrogen) atoms. The van der Waals surface area contributed by atoms with Gasteiger partial charge in [-0.15, -0.1) is 0 Å². The van der Waals surface area contributed by atoms with Crippen molar-refractivity contribution < 1.29 is 4.79 Å². The van der Waals surface area contributed by atoms with E-state index < -0.39 is 0 Å². The van der Waals surface area contributed by atoms with Crippen LogP contribution in [0.3, 0.4) is 0 Å². The molecule has 132 valence electrons. The summed E-state index contributed by atoms with van der Waals surface area (Å²) < 4.78 is 1.17. The first-order valence-corrected chi connectivity index (χ1v) is 9.11. The van der Waals surface area contributed by atoms with Crippen molar-refractivity contribution in [1.82, 2.24) is 15.2 Å². The summed E-state index contributed by atoms with van der Waals surface area (Å²) >= 11 is 16.5. The highest BCUT2D eigenvalue weighted by Gasteiger charge is 2.27. The largest absolute Gasteiger partial charge is 0.333 e. The molecule has 0 spiro atoms. The quantitative estimate of drug-likeness (QED) is 0.745. The number of pyridine rings is 1. The Labute approximate surface area is 162 Å². The molecule has 2 amide bonds. The summed E-state index contributed by atoms with van der Waals surface area (Å²) in [4.78, 5) is 19.1. The van der Waals surface area contributed by atoms with Crippen LogP contribution in [0.4, 0.5) is 10.5 Å². The Hall–Kier alpha value is -1.47. The maximum atomic E-state index is 12.7. The molecule has 0 aliphatic carbocycles. The molecule has 1 aromatic carbocycles. The molecule has 3 rings (SSSR count). The fourth-order valence-corrected chi connectivity index (χ4v) is 3.53. The smallest absolute Gasteiger partial charge is 0.317 e. The number of anilines is 1. The highest BCUT2D eigenvalue weighted by molar-refractivity contribution is 7.82. The number of halogens is 2. The molecule has 1 N–H and O–H groups in total. The van der Waals surface area contributed by atoms with Gasteiger partial charge in [0.15, 0.2) is 0 Å². The predicted octanol–water partition coefficient (Wildman–Crippen LogP) is 4.54. The third-order valence-corrected chi connectivity index (χ3v) is 5.32. The predicted molar refractivity (Wildman–Crippen MR) is 104 cm³/mol. The SMILES string of the molecule is O=C(NC(c1cccnc1)N1CCCC1)N(S)c1cccc(Cl)c1Cl. The number of rotatable bonds is 4. The van der Waals surface area contributed by atoms with Crippen LogP contribution < -0.4 is 9.62 Å². The fraction of sp³-hybridized carbons (Fsp3) is 0.294. The molecule has 1 fully saturated rings. The molecule has 1 aliphatic rings. The average molecular weight is 397 g/mol. The summed E-state index contributed by atoms with van der Waals surface area (Å²) in [6.45, 7) is 1.84. The number of benzene rings is 1. The standard InChI is InChI=1S/C17H18Cl2N4OS/c18-13-6-3-7-14(15(13)19)23(25)17(24)21-16(22-9-1-2-10-22)12-5-4-8-20-11-12/h3-8,11,16,25H,1-2,9-10H2,(H,21,24). The van der Waals surface area contributed by atoms with Gasteiger partial charge in [-0.05, 0) is 31.0 Å². The van der Waals surface area contributed by atoms with Crippen molar-refractivity contribution in [2.75, 3.05) is 17.4 Å². The van der Waals surface area contributed by atoms with Crippen LogP contribution in [0.1, 0.15) is 24.6 Å². The van der Waals surface area contributed by atoms with E-state index in [1.807, 2.05) is 12.1 Å². The van der Waals surface area contributed by atoms with Gasteiger partial charge >= 0.3 is 6.03 Å². The summed E-state index contributed by atoms with van der Waals surface area (Å²) in [5.41, 5.74) is 1.36. The second-order valence-corrected chi connectivity index (χ2v) is 6.95. The van der Waals surface area contributed by atoms with Crippen LogP contribution in [0, 0.1) is 0 Å². The Bertz CT molecular complexity index is 741. The van der Waals surface area contributed by atoms with E-state index in [1.165, 1.54) is 4.31 Å². The maximum Gasteiger partial charge on any atom is 0.333 e. The lowest BCUT2D eigenvalue weighted by molar-refractivity contribution is 0.197. The number of carbonyl (C=O) groups is 1. The van der Waals surface area contributed by atoms with Gasteiger partial charge in [-0.2, -0.15) is 0 Å². The Morgan fingerprint density at radius 2 is 2.00 bits per heavy atom. The third-order valence-electron chi connectivity index (χ3n) is 4.12.